The maximum absolute atomic E-state index is 10.4. The zero-order chi connectivity index (χ0) is 22.7. The number of aliphatic hydroxyl groups excluding tert-OH is 1. The van der Waals surface area contributed by atoms with E-state index in [2.05, 4.69) is 17.1 Å². The van der Waals surface area contributed by atoms with Gasteiger partial charge in [0.2, 0.25) is 0 Å². The summed E-state index contributed by atoms with van der Waals surface area (Å²) in [6.45, 7) is 4.06. The van der Waals surface area contributed by atoms with E-state index in [0.29, 0.717) is 17.9 Å². The second kappa shape index (κ2) is 7.83. The van der Waals surface area contributed by atoms with Crippen molar-refractivity contribution < 1.29 is 14.4 Å². The van der Waals surface area contributed by atoms with Crippen molar-refractivity contribution >= 4 is 33.2 Å². The fourth-order valence-corrected chi connectivity index (χ4v) is 6.65. The molecule has 7 heteroatoms. The third-order valence-corrected chi connectivity index (χ3v) is 8.34. The first-order valence-electron chi connectivity index (χ1n) is 11.5. The minimum atomic E-state index is -0.620. The van der Waals surface area contributed by atoms with Gasteiger partial charge in [0.05, 0.1) is 22.0 Å². The van der Waals surface area contributed by atoms with Gasteiger partial charge in [-0.25, -0.2) is 0 Å². The van der Waals surface area contributed by atoms with E-state index in [-0.39, 0.29) is 0 Å². The number of aryl methyl sites for hydroxylation is 1. The molecule has 0 spiro atoms. The van der Waals surface area contributed by atoms with Gasteiger partial charge in [-0.15, -0.1) is 11.3 Å². The number of fused-ring (bicyclic) bond motifs is 3. The zero-order valence-corrected chi connectivity index (χ0v) is 20.2. The van der Waals surface area contributed by atoms with Crippen LogP contribution >= 0.6 is 22.9 Å². The average Bonchev–Trinajstić information content (AvgIpc) is 3.52. The molecule has 5 nitrogen and oxygen atoms in total. The molecule has 4 heterocycles. The molecule has 0 saturated carbocycles. The third kappa shape index (κ3) is 3.38. The van der Waals surface area contributed by atoms with Gasteiger partial charge in [-0.05, 0) is 63.3 Å². The second-order valence-corrected chi connectivity index (χ2v) is 10.8. The van der Waals surface area contributed by atoms with Crippen LogP contribution in [0.15, 0.2) is 35.0 Å². The topological polar surface area (TPSA) is 68.4 Å². The first-order chi connectivity index (χ1) is 16.0. The number of thiophene rings is 1. The molecule has 2 atom stereocenters. The molecule has 4 aromatic rings. The SMILES string of the molecule is CC[C@@H](O)c1cc2nccc(-c3cc(Cl)cc4c3O[C@@](C)(c3onc5c3CCCC5)C4)c2s1. The van der Waals surface area contributed by atoms with Crippen LogP contribution in [0.25, 0.3) is 21.3 Å². The molecule has 1 N–H and O–H groups in total. The van der Waals surface area contributed by atoms with Crippen LogP contribution in [-0.4, -0.2) is 15.2 Å². The van der Waals surface area contributed by atoms with Gasteiger partial charge in [0, 0.05) is 44.8 Å². The fraction of sp³-hybridized carbons (Fsp3) is 0.385. The van der Waals surface area contributed by atoms with Gasteiger partial charge >= 0.3 is 0 Å². The number of aromatic nitrogens is 2. The van der Waals surface area contributed by atoms with Crippen LogP contribution in [0.3, 0.4) is 0 Å². The van der Waals surface area contributed by atoms with Crippen molar-refractivity contribution in [1.82, 2.24) is 10.1 Å². The first kappa shape index (κ1) is 21.1. The number of pyridine rings is 1. The van der Waals surface area contributed by atoms with Crippen molar-refractivity contribution in [1.29, 1.82) is 0 Å². The molecule has 2 aliphatic rings. The Balaban J connectivity index is 1.47. The van der Waals surface area contributed by atoms with E-state index in [1.807, 2.05) is 31.2 Å². The Labute approximate surface area is 201 Å². The summed E-state index contributed by atoms with van der Waals surface area (Å²) in [4.78, 5) is 5.46. The van der Waals surface area contributed by atoms with E-state index >= 15 is 0 Å². The summed E-state index contributed by atoms with van der Waals surface area (Å²) in [5.41, 5.74) is 5.57. The molecule has 1 aromatic carbocycles. The summed E-state index contributed by atoms with van der Waals surface area (Å²) in [5, 5.41) is 15.4. The minimum Gasteiger partial charge on any atom is -0.478 e. The van der Waals surface area contributed by atoms with E-state index in [4.69, 9.17) is 20.9 Å². The number of hydrogen-bond donors (Lipinski definition) is 1. The number of hydrogen-bond acceptors (Lipinski definition) is 6. The molecule has 0 radical (unpaired) electrons. The van der Waals surface area contributed by atoms with Crippen LogP contribution in [0.4, 0.5) is 0 Å². The summed E-state index contributed by atoms with van der Waals surface area (Å²) in [6.07, 6.45) is 6.93. The molecule has 1 aliphatic heterocycles. The highest BCUT2D eigenvalue weighted by Crippen LogP contribution is 2.50. The number of rotatable bonds is 4. The van der Waals surface area contributed by atoms with Gasteiger partial charge in [0.25, 0.3) is 0 Å². The Morgan fingerprint density at radius 2 is 2.06 bits per heavy atom. The maximum Gasteiger partial charge on any atom is 0.183 e. The molecule has 0 amide bonds. The molecule has 170 valence electrons. The van der Waals surface area contributed by atoms with Gasteiger partial charge < -0.3 is 14.4 Å². The summed E-state index contributed by atoms with van der Waals surface area (Å²) < 4.78 is 13.6. The van der Waals surface area contributed by atoms with Crippen LogP contribution < -0.4 is 4.74 Å². The number of ether oxygens (including phenoxy) is 1. The standard InChI is InChI=1S/C26H25ClN2O3S/c1-3-21(30)22-12-20-24(33-22)16(8-9-28-20)18-11-15(27)10-14-13-26(2,31-23(14)18)25-17-6-4-5-7-19(17)29-32-25/h8-12,21,30H,3-7,13H2,1-2H3/t21-,26-/m1/s1. The predicted octanol–water partition coefficient (Wildman–Crippen LogP) is 6.78. The number of aliphatic hydroxyl groups is 1. The summed E-state index contributed by atoms with van der Waals surface area (Å²) in [6, 6.07) is 7.94. The molecule has 33 heavy (non-hydrogen) atoms. The van der Waals surface area contributed by atoms with E-state index in [9.17, 15) is 5.11 Å². The molecule has 0 unspecified atom stereocenters. The average molecular weight is 481 g/mol. The van der Waals surface area contributed by atoms with Crippen molar-refractivity contribution in [2.24, 2.45) is 0 Å². The van der Waals surface area contributed by atoms with Gasteiger partial charge in [-0.3, -0.25) is 4.98 Å². The van der Waals surface area contributed by atoms with Gasteiger partial charge in [-0.2, -0.15) is 0 Å². The Kier molecular flexibility index (Phi) is 5.02. The number of benzene rings is 1. The first-order valence-corrected chi connectivity index (χ1v) is 12.7. The highest BCUT2D eigenvalue weighted by atomic mass is 35.5. The van der Waals surface area contributed by atoms with Crippen LogP contribution in [0.2, 0.25) is 5.02 Å². The van der Waals surface area contributed by atoms with Gasteiger partial charge in [0.15, 0.2) is 11.4 Å². The van der Waals surface area contributed by atoms with Crippen molar-refractivity contribution in [2.45, 2.75) is 64.1 Å². The Hall–Kier alpha value is -2.41. The van der Waals surface area contributed by atoms with Gasteiger partial charge in [0.1, 0.15) is 5.75 Å². The minimum absolute atomic E-state index is 0.487. The van der Waals surface area contributed by atoms with Crippen molar-refractivity contribution in [3.8, 4) is 16.9 Å². The van der Waals surface area contributed by atoms with E-state index in [1.165, 1.54) is 5.56 Å². The van der Waals surface area contributed by atoms with Crippen molar-refractivity contribution in [3.05, 3.63) is 62.9 Å². The molecule has 1 aliphatic carbocycles. The Bertz CT molecular complexity index is 1380. The predicted molar refractivity (Wildman–Crippen MR) is 130 cm³/mol. The van der Waals surface area contributed by atoms with Crippen LogP contribution in [0.5, 0.6) is 5.75 Å². The van der Waals surface area contributed by atoms with E-state index in [0.717, 1.165) is 74.7 Å². The third-order valence-electron chi connectivity index (χ3n) is 6.86. The maximum atomic E-state index is 10.4. The fourth-order valence-electron chi connectivity index (χ4n) is 5.19. The smallest absolute Gasteiger partial charge is 0.183 e. The van der Waals surface area contributed by atoms with Crippen LogP contribution in [0.1, 0.15) is 66.7 Å². The van der Waals surface area contributed by atoms with Crippen molar-refractivity contribution in [2.75, 3.05) is 0 Å². The monoisotopic (exact) mass is 480 g/mol. The van der Waals surface area contributed by atoms with Crippen molar-refractivity contribution in [3.63, 3.8) is 0 Å². The number of halogens is 1. The van der Waals surface area contributed by atoms with Crippen LogP contribution in [0, 0.1) is 0 Å². The lowest BCUT2D eigenvalue weighted by atomic mass is 9.88. The summed E-state index contributed by atoms with van der Waals surface area (Å²) >= 11 is 8.18. The Morgan fingerprint density at radius 1 is 1.21 bits per heavy atom. The second-order valence-electron chi connectivity index (χ2n) is 9.24. The molecular weight excluding hydrogens is 456 g/mol. The summed E-state index contributed by atoms with van der Waals surface area (Å²) in [7, 11) is 0. The lowest BCUT2D eigenvalue weighted by molar-refractivity contribution is 0.0793. The molecule has 6 rings (SSSR count). The lowest BCUT2D eigenvalue weighted by Gasteiger charge is -2.23. The van der Waals surface area contributed by atoms with E-state index in [1.54, 1.807) is 17.5 Å². The molecular formula is C26H25ClN2O3S. The van der Waals surface area contributed by atoms with Gasteiger partial charge in [-0.1, -0.05) is 23.7 Å². The highest BCUT2D eigenvalue weighted by Gasteiger charge is 2.44. The van der Waals surface area contributed by atoms with E-state index < -0.39 is 11.7 Å². The molecule has 0 saturated heterocycles. The molecule has 0 fully saturated rings. The molecule has 3 aromatic heterocycles. The lowest BCUT2D eigenvalue weighted by Crippen LogP contribution is -2.28. The summed E-state index contributed by atoms with van der Waals surface area (Å²) in [5.74, 6) is 1.68. The number of nitrogens with zero attached hydrogens (tertiary/aromatic N) is 2. The Morgan fingerprint density at radius 3 is 2.91 bits per heavy atom. The largest absolute Gasteiger partial charge is 0.478 e. The quantitative estimate of drug-likeness (QED) is 0.348. The zero-order valence-electron chi connectivity index (χ0n) is 18.7. The van der Waals surface area contributed by atoms with Crippen LogP contribution in [-0.2, 0) is 24.9 Å². The highest BCUT2D eigenvalue weighted by molar-refractivity contribution is 7.19. The molecule has 0 bridgehead atoms. The normalized spacial score (nSPS) is 20.5.